The first-order chi connectivity index (χ1) is 5.91. The minimum atomic E-state index is -1.43. The van der Waals surface area contributed by atoms with Crippen molar-refractivity contribution in [2.75, 3.05) is 0 Å². The molecule has 0 radical (unpaired) electrons. The van der Waals surface area contributed by atoms with Crippen LogP contribution in [0.25, 0.3) is 0 Å². The first-order valence-electron chi connectivity index (χ1n) is 4.05. The number of carbonyl (C=O) groups excluding carboxylic acids is 1. The summed E-state index contributed by atoms with van der Waals surface area (Å²) in [7, 11) is 0. The number of ether oxygens (including phenoxy) is 1. The van der Waals surface area contributed by atoms with Gasteiger partial charge in [0.1, 0.15) is 6.10 Å². The van der Waals surface area contributed by atoms with Crippen molar-refractivity contribution in [3.05, 3.63) is 0 Å². The van der Waals surface area contributed by atoms with Crippen LogP contribution in [0.1, 0.15) is 26.2 Å². The zero-order valence-corrected chi connectivity index (χ0v) is 7.32. The smallest absolute Gasteiger partial charge is 0.308 e. The molecule has 74 valence electrons. The van der Waals surface area contributed by atoms with E-state index in [-0.39, 0.29) is 12.8 Å². The molecule has 2 atom stereocenters. The molecule has 0 saturated carbocycles. The Morgan fingerprint density at radius 3 is 2.85 bits per heavy atom. The molecule has 0 aromatic rings. The van der Waals surface area contributed by atoms with Crippen molar-refractivity contribution in [1.29, 1.82) is 0 Å². The van der Waals surface area contributed by atoms with Gasteiger partial charge in [0.15, 0.2) is 0 Å². The van der Waals surface area contributed by atoms with Gasteiger partial charge in [0.2, 0.25) is 0 Å². The first kappa shape index (κ1) is 9.98. The number of carbonyl (C=O) groups is 2. The van der Waals surface area contributed by atoms with Gasteiger partial charge >= 0.3 is 11.9 Å². The molecule has 0 aromatic heterocycles. The lowest BCUT2D eigenvalue weighted by Crippen LogP contribution is -2.43. The van der Waals surface area contributed by atoms with Crippen LogP contribution in [0.15, 0.2) is 0 Å². The van der Waals surface area contributed by atoms with Crippen LogP contribution in [0.2, 0.25) is 0 Å². The van der Waals surface area contributed by atoms with E-state index in [1.165, 1.54) is 0 Å². The molecule has 13 heavy (non-hydrogen) atoms. The lowest BCUT2D eigenvalue weighted by Gasteiger charge is -2.33. The molecule has 5 nitrogen and oxygen atoms in total. The van der Waals surface area contributed by atoms with E-state index < -0.39 is 30.1 Å². The number of carboxylic acid groups (broad SMARTS) is 1. The Kier molecular flexibility index (Phi) is 2.56. The SMILES string of the molecule is CC1CC(O)(CC(=O)O)CC(=O)O1. The second-order valence-corrected chi connectivity index (χ2v) is 3.48. The molecule has 1 aliphatic rings. The van der Waals surface area contributed by atoms with Crippen LogP contribution in [-0.2, 0) is 14.3 Å². The van der Waals surface area contributed by atoms with Gasteiger partial charge in [-0.05, 0) is 6.92 Å². The van der Waals surface area contributed by atoms with Crippen molar-refractivity contribution in [3.8, 4) is 0 Å². The Labute approximate surface area is 75.3 Å². The molecule has 1 rings (SSSR count). The van der Waals surface area contributed by atoms with Gasteiger partial charge in [-0.25, -0.2) is 0 Å². The fourth-order valence-corrected chi connectivity index (χ4v) is 1.60. The van der Waals surface area contributed by atoms with E-state index in [1.807, 2.05) is 0 Å². The van der Waals surface area contributed by atoms with E-state index in [4.69, 9.17) is 9.84 Å². The van der Waals surface area contributed by atoms with Crippen molar-refractivity contribution >= 4 is 11.9 Å². The number of rotatable bonds is 2. The third-order valence-electron chi connectivity index (χ3n) is 1.95. The van der Waals surface area contributed by atoms with Crippen molar-refractivity contribution in [2.24, 2.45) is 0 Å². The highest BCUT2D eigenvalue weighted by Crippen LogP contribution is 2.28. The first-order valence-corrected chi connectivity index (χ1v) is 4.05. The number of cyclic esters (lactones) is 1. The van der Waals surface area contributed by atoms with Crippen LogP contribution < -0.4 is 0 Å². The maximum atomic E-state index is 10.9. The molecule has 1 saturated heterocycles. The number of esters is 1. The molecular formula is C8H12O5. The Hall–Kier alpha value is -1.10. The molecule has 1 aliphatic heterocycles. The molecule has 0 spiro atoms. The number of aliphatic hydroxyl groups is 1. The molecule has 5 heteroatoms. The van der Waals surface area contributed by atoms with E-state index in [9.17, 15) is 14.7 Å². The summed E-state index contributed by atoms with van der Waals surface area (Å²) in [5, 5.41) is 18.2. The number of aliphatic carboxylic acids is 1. The van der Waals surface area contributed by atoms with E-state index in [1.54, 1.807) is 6.92 Å². The van der Waals surface area contributed by atoms with Gasteiger partial charge in [0, 0.05) is 6.42 Å². The average Bonchev–Trinajstić information content (AvgIpc) is 1.77. The van der Waals surface area contributed by atoms with E-state index in [2.05, 4.69) is 0 Å². The van der Waals surface area contributed by atoms with Crippen LogP contribution >= 0.6 is 0 Å². The van der Waals surface area contributed by atoms with Gasteiger partial charge in [0.05, 0.1) is 18.4 Å². The van der Waals surface area contributed by atoms with Crippen molar-refractivity contribution in [1.82, 2.24) is 0 Å². The predicted molar refractivity (Wildman–Crippen MR) is 42.0 cm³/mol. The maximum Gasteiger partial charge on any atom is 0.308 e. The molecule has 1 heterocycles. The zero-order chi connectivity index (χ0) is 10.1. The Balaban J connectivity index is 2.66. The van der Waals surface area contributed by atoms with Gasteiger partial charge in [-0.1, -0.05) is 0 Å². The van der Waals surface area contributed by atoms with E-state index in [0.29, 0.717) is 0 Å². The van der Waals surface area contributed by atoms with Crippen molar-refractivity contribution in [3.63, 3.8) is 0 Å². The molecule has 0 bridgehead atoms. The van der Waals surface area contributed by atoms with Gasteiger partial charge in [-0.15, -0.1) is 0 Å². The third-order valence-corrected chi connectivity index (χ3v) is 1.95. The summed E-state index contributed by atoms with van der Waals surface area (Å²) >= 11 is 0. The fourth-order valence-electron chi connectivity index (χ4n) is 1.60. The molecule has 0 aromatic carbocycles. The quantitative estimate of drug-likeness (QED) is 0.592. The summed E-state index contributed by atoms with van der Waals surface area (Å²) < 4.78 is 4.77. The van der Waals surface area contributed by atoms with Gasteiger partial charge < -0.3 is 14.9 Å². The second kappa shape index (κ2) is 3.33. The normalized spacial score (nSPS) is 34.0. The minimum absolute atomic E-state index is 0.186. The Bertz CT molecular complexity index is 233. The Morgan fingerprint density at radius 2 is 2.38 bits per heavy atom. The molecule has 0 aliphatic carbocycles. The molecule has 2 N–H and O–H groups in total. The average molecular weight is 188 g/mol. The lowest BCUT2D eigenvalue weighted by atomic mass is 9.87. The molecule has 0 amide bonds. The van der Waals surface area contributed by atoms with E-state index in [0.717, 1.165) is 0 Å². The van der Waals surface area contributed by atoms with Gasteiger partial charge in [-0.3, -0.25) is 9.59 Å². The number of carboxylic acids is 1. The summed E-state index contributed by atoms with van der Waals surface area (Å²) in [5.41, 5.74) is -1.43. The molecule has 2 unspecified atom stereocenters. The topological polar surface area (TPSA) is 83.8 Å². The van der Waals surface area contributed by atoms with Gasteiger partial charge in [0.25, 0.3) is 0 Å². The van der Waals surface area contributed by atoms with Crippen LogP contribution in [0.5, 0.6) is 0 Å². The summed E-state index contributed by atoms with van der Waals surface area (Å²) in [6.07, 6.45) is -0.869. The predicted octanol–water partition coefficient (Wildman–Crippen LogP) is -0.0823. The summed E-state index contributed by atoms with van der Waals surface area (Å²) in [6.45, 7) is 1.63. The highest BCUT2D eigenvalue weighted by Gasteiger charge is 2.39. The second-order valence-electron chi connectivity index (χ2n) is 3.48. The highest BCUT2D eigenvalue weighted by molar-refractivity contribution is 5.75. The van der Waals surface area contributed by atoms with E-state index >= 15 is 0 Å². The standard InChI is InChI=1S/C8H12O5/c1-5-2-8(12,3-6(9)10)4-7(11)13-5/h5,12H,2-4H2,1H3,(H,9,10). The van der Waals surface area contributed by atoms with Crippen molar-refractivity contribution < 1.29 is 24.5 Å². The van der Waals surface area contributed by atoms with Crippen LogP contribution in [-0.4, -0.2) is 33.9 Å². The summed E-state index contributed by atoms with van der Waals surface area (Å²) in [6, 6.07) is 0. The zero-order valence-electron chi connectivity index (χ0n) is 7.32. The molecule has 1 fully saturated rings. The fraction of sp³-hybridized carbons (Fsp3) is 0.750. The molecular weight excluding hydrogens is 176 g/mol. The lowest BCUT2D eigenvalue weighted by molar-refractivity contribution is -0.171. The third kappa shape index (κ3) is 2.69. The minimum Gasteiger partial charge on any atom is -0.481 e. The highest BCUT2D eigenvalue weighted by atomic mass is 16.5. The largest absolute Gasteiger partial charge is 0.481 e. The van der Waals surface area contributed by atoms with Crippen LogP contribution in [0.3, 0.4) is 0 Å². The van der Waals surface area contributed by atoms with Gasteiger partial charge in [-0.2, -0.15) is 0 Å². The number of hydrogen-bond donors (Lipinski definition) is 2. The van der Waals surface area contributed by atoms with Crippen LogP contribution in [0, 0.1) is 0 Å². The summed E-state index contributed by atoms with van der Waals surface area (Å²) in [4.78, 5) is 21.3. The summed E-state index contributed by atoms with van der Waals surface area (Å²) in [5.74, 6) is -1.65. The maximum absolute atomic E-state index is 10.9. The Morgan fingerprint density at radius 1 is 1.77 bits per heavy atom. The van der Waals surface area contributed by atoms with Crippen LogP contribution in [0.4, 0.5) is 0 Å². The monoisotopic (exact) mass is 188 g/mol. The number of hydrogen-bond acceptors (Lipinski definition) is 4. The van der Waals surface area contributed by atoms with Crippen molar-refractivity contribution in [2.45, 2.75) is 37.9 Å².